The first-order valence-corrected chi connectivity index (χ1v) is 15.5. The van der Waals surface area contributed by atoms with E-state index in [-0.39, 0.29) is 35.3 Å². The van der Waals surface area contributed by atoms with Gasteiger partial charge in [0.05, 0.1) is 28.5 Å². The second-order valence-electron chi connectivity index (χ2n) is 9.38. The fourth-order valence-electron chi connectivity index (χ4n) is 4.72. The summed E-state index contributed by atoms with van der Waals surface area (Å²) in [7, 11) is -3.83. The molecule has 0 N–H and O–H groups in total. The van der Waals surface area contributed by atoms with E-state index in [0.29, 0.717) is 47.3 Å². The molecule has 1 amide bonds. The number of sulfonamides is 1. The Labute approximate surface area is 249 Å². The van der Waals surface area contributed by atoms with Crippen LogP contribution in [0.15, 0.2) is 77.7 Å². The number of hydrogen-bond donors (Lipinski definition) is 0. The maximum absolute atomic E-state index is 14.4. The van der Waals surface area contributed by atoms with E-state index in [4.69, 9.17) is 4.74 Å². The van der Waals surface area contributed by atoms with Gasteiger partial charge in [-0.15, -0.1) is 12.4 Å². The molecule has 0 bridgehead atoms. The van der Waals surface area contributed by atoms with Crippen LogP contribution >= 0.6 is 23.7 Å². The molecule has 1 aromatic heterocycles. The minimum Gasteiger partial charge on any atom is -0.379 e. The van der Waals surface area contributed by atoms with Crippen molar-refractivity contribution in [3.63, 3.8) is 0 Å². The summed E-state index contributed by atoms with van der Waals surface area (Å²) >= 11 is 1.26. The minimum atomic E-state index is -3.83. The average Bonchev–Trinajstić information content (AvgIpc) is 3.42. The summed E-state index contributed by atoms with van der Waals surface area (Å²) in [5.74, 6) is -0.755. The smallest absolute Gasteiger partial charge is 0.264 e. The highest BCUT2D eigenvalue weighted by atomic mass is 35.5. The summed E-state index contributed by atoms with van der Waals surface area (Å²) in [5.41, 5.74) is 1.13. The zero-order valence-corrected chi connectivity index (χ0v) is 25.1. The molecular weight excluding hydrogens is 587 g/mol. The van der Waals surface area contributed by atoms with Gasteiger partial charge in [-0.25, -0.2) is 17.8 Å². The van der Waals surface area contributed by atoms with Gasteiger partial charge < -0.3 is 4.74 Å². The summed E-state index contributed by atoms with van der Waals surface area (Å²) in [6, 6.07) is 19.6. The van der Waals surface area contributed by atoms with E-state index in [2.05, 4.69) is 9.88 Å². The molecule has 0 radical (unpaired) electrons. The second kappa shape index (κ2) is 13.7. The Balaban J connectivity index is 0.00000387. The molecule has 8 nitrogen and oxygen atoms in total. The fraction of sp³-hybridized carbons (Fsp3) is 0.310. The van der Waals surface area contributed by atoms with Gasteiger partial charge in [0.15, 0.2) is 5.13 Å². The number of morpholine rings is 1. The second-order valence-corrected chi connectivity index (χ2v) is 12.2. The number of anilines is 2. The Morgan fingerprint density at radius 2 is 1.73 bits per heavy atom. The van der Waals surface area contributed by atoms with E-state index in [1.807, 2.05) is 6.07 Å². The van der Waals surface area contributed by atoms with E-state index in [0.717, 1.165) is 19.6 Å². The molecule has 0 aliphatic carbocycles. The van der Waals surface area contributed by atoms with Crippen LogP contribution in [0.2, 0.25) is 0 Å². The van der Waals surface area contributed by atoms with Crippen molar-refractivity contribution in [2.24, 2.45) is 0 Å². The molecule has 1 aliphatic heterocycles. The number of benzene rings is 3. The Hall–Kier alpha value is -3.09. The van der Waals surface area contributed by atoms with Crippen LogP contribution in [-0.4, -0.2) is 70.1 Å². The molecule has 5 rings (SSSR count). The predicted octanol–water partition coefficient (Wildman–Crippen LogP) is 5.44. The van der Waals surface area contributed by atoms with Gasteiger partial charge >= 0.3 is 0 Å². The van der Waals surface area contributed by atoms with Crippen LogP contribution in [0.4, 0.5) is 15.2 Å². The van der Waals surface area contributed by atoms with Gasteiger partial charge in [-0.1, -0.05) is 35.6 Å². The highest BCUT2D eigenvalue weighted by molar-refractivity contribution is 7.92. The Morgan fingerprint density at radius 1 is 1.02 bits per heavy atom. The molecule has 0 saturated carbocycles. The maximum Gasteiger partial charge on any atom is 0.264 e. The molecule has 1 saturated heterocycles. The maximum atomic E-state index is 14.4. The molecule has 41 heavy (non-hydrogen) atoms. The lowest BCUT2D eigenvalue weighted by atomic mass is 10.2. The summed E-state index contributed by atoms with van der Waals surface area (Å²) in [4.78, 5) is 22.2. The quantitative estimate of drug-likeness (QED) is 0.235. The van der Waals surface area contributed by atoms with Crippen molar-refractivity contribution in [2.45, 2.75) is 18.2 Å². The number of nitrogens with zero attached hydrogens (tertiary/aromatic N) is 4. The van der Waals surface area contributed by atoms with Crippen LogP contribution < -0.4 is 9.21 Å². The zero-order chi connectivity index (χ0) is 28.1. The Bertz CT molecular complexity index is 1560. The third-order valence-corrected chi connectivity index (χ3v) is 9.78. The largest absolute Gasteiger partial charge is 0.379 e. The molecular formula is C29H32ClFN4O4S2. The van der Waals surface area contributed by atoms with Crippen LogP contribution in [0, 0.1) is 5.82 Å². The van der Waals surface area contributed by atoms with Crippen LogP contribution in [0.3, 0.4) is 0 Å². The number of ether oxygens (including phenoxy) is 1. The Kier molecular flexibility index (Phi) is 10.3. The third-order valence-electron chi connectivity index (χ3n) is 6.81. The topological polar surface area (TPSA) is 83.1 Å². The highest BCUT2D eigenvalue weighted by Crippen LogP contribution is 2.32. The van der Waals surface area contributed by atoms with Crippen LogP contribution in [-0.2, 0) is 14.8 Å². The van der Waals surface area contributed by atoms with Crippen LogP contribution in [0.1, 0.15) is 23.7 Å². The summed E-state index contributed by atoms with van der Waals surface area (Å²) < 4.78 is 48.6. The third kappa shape index (κ3) is 6.87. The van der Waals surface area contributed by atoms with E-state index in [1.165, 1.54) is 46.0 Å². The van der Waals surface area contributed by atoms with E-state index in [9.17, 15) is 17.6 Å². The number of rotatable bonds is 10. The van der Waals surface area contributed by atoms with Gasteiger partial charge in [-0.05, 0) is 61.9 Å². The van der Waals surface area contributed by atoms with Crippen molar-refractivity contribution >= 4 is 60.7 Å². The molecule has 3 aromatic carbocycles. The number of fused-ring (bicyclic) bond motifs is 1. The van der Waals surface area contributed by atoms with Crippen molar-refractivity contribution in [1.29, 1.82) is 0 Å². The molecule has 4 aromatic rings. The van der Waals surface area contributed by atoms with Crippen LogP contribution in [0.5, 0.6) is 0 Å². The molecule has 1 aliphatic rings. The van der Waals surface area contributed by atoms with Crippen molar-refractivity contribution in [3.8, 4) is 0 Å². The number of halogens is 2. The number of carbonyl (C=O) groups excluding carboxylic acids is 1. The number of para-hydroxylation sites is 2. The molecule has 0 atom stereocenters. The van der Waals surface area contributed by atoms with Gasteiger partial charge in [0.25, 0.3) is 15.9 Å². The molecule has 0 unspecified atom stereocenters. The van der Waals surface area contributed by atoms with Gasteiger partial charge in [0.1, 0.15) is 11.3 Å². The number of hydrogen-bond acceptors (Lipinski definition) is 7. The molecule has 12 heteroatoms. The fourth-order valence-corrected chi connectivity index (χ4v) is 7.20. The lowest BCUT2D eigenvalue weighted by Crippen LogP contribution is -2.39. The first-order chi connectivity index (χ1) is 19.4. The van der Waals surface area contributed by atoms with Crippen molar-refractivity contribution < 1.29 is 22.3 Å². The summed E-state index contributed by atoms with van der Waals surface area (Å²) in [6.07, 6.45) is 0.694. The standard InChI is InChI=1S/C29H31FN4O4S2.ClH/c1-2-34(23-8-4-3-5-9-23)40(36,37)24-14-12-22(13-15-24)28(35)33(17-7-16-32-18-20-38-21-19-32)29-31-27-25(30)10-6-11-26(27)39-29;/h3-6,8-15H,2,7,16-21H2,1H3;1H. The SMILES string of the molecule is CCN(c1ccccc1)S(=O)(=O)c1ccc(C(=O)N(CCCN2CCOCC2)c2nc3c(F)cccc3s2)cc1.Cl. The molecule has 2 heterocycles. The first kappa shape index (κ1) is 30.9. The lowest BCUT2D eigenvalue weighted by Gasteiger charge is -2.27. The van der Waals surface area contributed by atoms with Crippen molar-refractivity contribution in [3.05, 3.63) is 84.2 Å². The van der Waals surface area contributed by atoms with Crippen molar-refractivity contribution in [2.75, 3.05) is 55.1 Å². The number of amides is 1. The van der Waals surface area contributed by atoms with Crippen LogP contribution in [0.25, 0.3) is 10.2 Å². The zero-order valence-electron chi connectivity index (χ0n) is 22.6. The van der Waals surface area contributed by atoms with Gasteiger partial charge in [-0.3, -0.25) is 18.9 Å². The monoisotopic (exact) mass is 618 g/mol. The van der Waals surface area contributed by atoms with E-state index < -0.39 is 15.8 Å². The minimum absolute atomic E-state index is 0. The summed E-state index contributed by atoms with van der Waals surface area (Å²) in [5, 5.41) is 0.407. The van der Waals surface area contributed by atoms with E-state index in [1.54, 1.807) is 48.2 Å². The van der Waals surface area contributed by atoms with Crippen molar-refractivity contribution in [1.82, 2.24) is 9.88 Å². The first-order valence-electron chi connectivity index (χ1n) is 13.2. The van der Waals surface area contributed by atoms with Gasteiger partial charge in [0, 0.05) is 38.3 Å². The average molecular weight is 619 g/mol. The normalized spacial score (nSPS) is 14.0. The van der Waals surface area contributed by atoms with Gasteiger partial charge in [-0.2, -0.15) is 0 Å². The predicted molar refractivity (Wildman–Crippen MR) is 163 cm³/mol. The molecule has 0 spiro atoms. The number of aromatic nitrogens is 1. The molecule has 1 fully saturated rings. The lowest BCUT2D eigenvalue weighted by molar-refractivity contribution is 0.0376. The number of carbonyl (C=O) groups is 1. The number of thiazole rings is 1. The molecule has 218 valence electrons. The van der Waals surface area contributed by atoms with Gasteiger partial charge in [0.2, 0.25) is 0 Å². The Morgan fingerprint density at radius 3 is 2.39 bits per heavy atom. The van der Waals surface area contributed by atoms with E-state index >= 15 is 0 Å². The highest BCUT2D eigenvalue weighted by Gasteiger charge is 2.26. The summed E-state index contributed by atoms with van der Waals surface area (Å²) in [6.45, 7) is 6.27.